The van der Waals surface area contributed by atoms with Crippen molar-refractivity contribution in [1.29, 1.82) is 0 Å². The van der Waals surface area contributed by atoms with Crippen LogP contribution in [-0.4, -0.2) is 25.3 Å². The van der Waals surface area contributed by atoms with Crippen LogP contribution in [0.2, 0.25) is 0 Å². The summed E-state index contributed by atoms with van der Waals surface area (Å²) >= 11 is 0. The molecule has 0 radical (unpaired) electrons. The second kappa shape index (κ2) is 3.17. The molecule has 2 heterocycles. The Balaban J connectivity index is 1.91. The van der Waals surface area contributed by atoms with E-state index in [1.54, 1.807) is 0 Å². The highest BCUT2D eigenvalue weighted by atomic mass is 16.6. The Hall–Kier alpha value is -1.22. The summed E-state index contributed by atoms with van der Waals surface area (Å²) in [6.45, 7) is 1.91. The minimum absolute atomic E-state index is 0.179. The number of para-hydroxylation sites is 2. The number of nitrogens with one attached hydrogen (secondary N) is 1. The predicted molar refractivity (Wildman–Crippen MR) is 52.8 cm³/mol. The minimum Gasteiger partial charge on any atom is -0.483 e. The molecule has 1 aromatic carbocycles. The molecule has 0 bridgehead atoms. The van der Waals surface area contributed by atoms with Crippen LogP contribution in [0, 0.1) is 0 Å². The van der Waals surface area contributed by atoms with Gasteiger partial charge in [0.2, 0.25) is 0 Å². The number of benzene rings is 1. The van der Waals surface area contributed by atoms with Gasteiger partial charge in [0.15, 0.2) is 11.5 Å². The van der Waals surface area contributed by atoms with Crippen molar-refractivity contribution in [3.63, 3.8) is 0 Å². The SMILES string of the molecule is c1ccc2c(c1)O[C@H]1CCNC[C@@H]1O2. The van der Waals surface area contributed by atoms with Gasteiger partial charge in [-0.1, -0.05) is 12.1 Å². The van der Waals surface area contributed by atoms with Crippen LogP contribution in [0.25, 0.3) is 0 Å². The van der Waals surface area contributed by atoms with E-state index in [1.807, 2.05) is 24.3 Å². The van der Waals surface area contributed by atoms with Gasteiger partial charge in [0.25, 0.3) is 0 Å². The van der Waals surface area contributed by atoms with Crippen molar-refractivity contribution in [2.24, 2.45) is 0 Å². The Morgan fingerprint density at radius 2 is 1.79 bits per heavy atom. The van der Waals surface area contributed by atoms with Crippen LogP contribution in [0.15, 0.2) is 24.3 Å². The van der Waals surface area contributed by atoms with Gasteiger partial charge in [-0.3, -0.25) is 0 Å². The van der Waals surface area contributed by atoms with Crippen molar-refractivity contribution >= 4 is 0 Å². The number of hydrogen-bond acceptors (Lipinski definition) is 3. The second-order valence-electron chi connectivity index (χ2n) is 3.75. The van der Waals surface area contributed by atoms with Crippen LogP contribution < -0.4 is 14.8 Å². The maximum atomic E-state index is 5.87. The van der Waals surface area contributed by atoms with E-state index in [0.29, 0.717) is 0 Å². The van der Waals surface area contributed by atoms with Crippen molar-refractivity contribution < 1.29 is 9.47 Å². The van der Waals surface area contributed by atoms with E-state index in [9.17, 15) is 0 Å². The minimum atomic E-state index is 0.179. The van der Waals surface area contributed by atoms with Gasteiger partial charge >= 0.3 is 0 Å². The average Bonchev–Trinajstić information content (AvgIpc) is 2.26. The van der Waals surface area contributed by atoms with Gasteiger partial charge in [-0.05, 0) is 18.7 Å². The van der Waals surface area contributed by atoms with Crippen LogP contribution in [0.4, 0.5) is 0 Å². The molecule has 14 heavy (non-hydrogen) atoms. The monoisotopic (exact) mass is 191 g/mol. The smallest absolute Gasteiger partial charge is 0.161 e. The molecule has 3 heteroatoms. The molecule has 0 spiro atoms. The van der Waals surface area contributed by atoms with E-state index in [-0.39, 0.29) is 12.2 Å². The Kier molecular flexibility index (Phi) is 1.84. The lowest BCUT2D eigenvalue weighted by molar-refractivity contribution is 0.00253. The van der Waals surface area contributed by atoms with Gasteiger partial charge < -0.3 is 14.8 Å². The molecule has 1 N–H and O–H groups in total. The fraction of sp³-hybridized carbons (Fsp3) is 0.455. The fourth-order valence-corrected chi connectivity index (χ4v) is 2.03. The Morgan fingerprint density at radius 3 is 2.57 bits per heavy atom. The van der Waals surface area contributed by atoms with E-state index >= 15 is 0 Å². The molecule has 1 fully saturated rings. The molecule has 2 aliphatic rings. The lowest BCUT2D eigenvalue weighted by Gasteiger charge is -2.37. The van der Waals surface area contributed by atoms with Gasteiger partial charge in [0.1, 0.15) is 12.2 Å². The van der Waals surface area contributed by atoms with Gasteiger partial charge in [-0.25, -0.2) is 0 Å². The lowest BCUT2D eigenvalue weighted by atomic mass is 10.1. The quantitative estimate of drug-likeness (QED) is 0.668. The number of rotatable bonds is 0. The molecule has 0 unspecified atom stereocenters. The number of fused-ring (bicyclic) bond motifs is 2. The Labute approximate surface area is 83.0 Å². The number of piperidine rings is 1. The van der Waals surface area contributed by atoms with E-state index in [2.05, 4.69) is 5.32 Å². The molecule has 2 aliphatic heterocycles. The van der Waals surface area contributed by atoms with Crippen LogP contribution >= 0.6 is 0 Å². The molecule has 1 aromatic rings. The molecule has 0 amide bonds. The van der Waals surface area contributed by atoms with Crippen LogP contribution in [0.1, 0.15) is 6.42 Å². The molecule has 2 atom stereocenters. The summed E-state index contributed by atoms with van der Waals surface area (Å²) < 4.78 is 11.7. The molecular formula is C11H13NO2. The third-order valence-electron chi connectivity index (χ3n) is 2.77. The average molecular weight is 191 g/mol. The summed E-state index contributed by atoms with van der Waals surface area (Å²) in [4.78, 5) is 0. The number of ether oxygens (including phenoxy) is 2. The third kappa shape index (κ3) is 1.24. The fourth-order valence-electron chi connectivity index (χ4n) is 2.03. The van der Waals surface area contributed by atoms with E-state index in [0.717, 1.165) is 31.0 Å². The molecular weight excluding hydrogens is 178 g/mol. The van der Waals surface area contributed by atoms with Crippen molar-refractivity contribution in [3.8, 4) is 11.5 Å². The maximum Gasteiger partial charge on any atom is 0.161 e. The van der Waals surface area contributed by atoms with Crippen molar-refractivity contribution in [1.82, 2.24) is 5.32 Å². The molecule has 0 aliphatic carbocycles. The molecule has 3 nitrogen and oxygen atoms in total. The Morgan fingerprint density at radius 1 is 1.07 bits per heavy atom. The van der Waals surface area contributed by atoms with Gasteiger partial charge in [0, 0.05) is 13.0 Å². The highest BCUT2D eigenvalue weighted by Crippen LogP contribution is 2.34. The summed E-state index contributed by atoms with van der Waals surface area (Å²) in [5, 5.41) is 3.31. The zero-order chi connectivity index (χ0) is 9.38. The first-order chi connectivity index (χ1) is 6.93. The van der Waals surface area contributed by atoms with Gasteiger partial charge in [0.05, 0.1) is 0 Å². The summed E-state index contributed by atoms with van der Waals surface area (Å²) in [5.74, 6) is 1.76. The highest BCUT2D eigenvalue weighted by Gasteiger charge is 2.33. The zero-order valence-corrected chi connectivity index (χ0v) is 7.90. The van der Waals surface area contributed by atoms with Crippen LogP contribution in [0.5, 0.6) is 11.5 Å². The van der Waals surface area contributed by atoms with Crippen LogP contribution in [-0.2, 0) is 0 Å². The normalized spacial score (nSPS) is 29.4. The second-order valence-corrected chi connectivity index (χ2v) is 3.75. The van der Waals surface area contributed by atoms with Crippen molar-refractivity contribution in [2.75, 3.05) is 13.1 Å². The van der Waals surface area contributed by atoms with Crippen molar-refractivity contribution in [2.45, 2.75) is 18.6 Å². The Bertz CT molecular complexity index is 307. The molecule has 0 aromatic heterocycles. The largest absolute Gasteiger partial charge is 0.483 e. The third-order valence-corrected chi connectivity index (χ3v) is 2.77. The molecule has 3 rings (SSSR count). The lowest BCUT2D eigenvalue weighted by Crippen LogP contribution is -2.51. The molecule has 1 saturated heterocycles. The summed E-state index contributed by atoms with van der Waals surface area (Å²) in [5.41, 5.74) is 0. The molecule has 74 valence electrons. The summed E-state index contributed by atoms with van der Waals surface area (Å²) in [6, 6.07) is 7.87. The first-order valence-corrected chi connectivity index (χ1v) is 5.06. The van der Waals surface area contributed by atoms with Gasteiger partial charge in [-0.15, -0.1) is 0 Å². The predicted octanol–water partition coefficient (Wildman–Crippen LogP) is 1.19. The number of hydrogen-bond donors (Lipinski definition) is 1. The van der Waals surface area contributed by atoms with E-state index in [1.165, 1.54) is 0 Å². The summed E-state index contributed by atoms with van der Waals surface area (Å²) in [7, 11) is 0. The van der Waals surface area contributed by atoms with E-state index in [4.69, 9.17) is 9.47 Å². The standard InChI is InChI=1S/C11H13NO2/c1-2-4-9-8(3-1)13-10-5-6-12-7-11(10)14-9/h1-4,10-12H,5-7H2/t10-,11-/m0/s1. The first-order valence-electron chi connectivity index (χ1n) is 5.06. The first kappa shape index (κ1) is 8.12. The van der Waals surface area contributed by atoms with Crippen LogP contribution in [0.3, 0.4) is 0 Å². The molecule has 0 saturated carbocycles. The zero-order valence-electron chi connectivity index (χ0n) is 7.90. The topological polar surface area (TPSA) is 30.5 Å². The highest BCUT2D eigenvalue weighted by molar-refractivity contribution is 5.41. The van der Waals surface area contributed by atoms with E-state index < -0.39 is 0 Å². The van der Waals surface area contributed by atoms with Gasteiger partial charge in [-0.2, -0.15) is 0 Å². The maximum absolute atomic E-state index is 5.87. The summed E-state index contributed by atoms with van der Waals surface area (Å²) in [6.07, 6.45) is 1.43. The van der Waals surface area contributed by atoms with Crippen molar-refractivity contribution in [3.05, 3.63) is 24.3 Å².